The molecule has 0 heterocycles. The summed E-state index contributed by atoms with van der Waals surface area (Å²) < 4.78 is 23.6. The molecule has 1 aliphatic rings. The number of rotatable bonds is 2. The van der Waals surface area contributed by atoms with Crippen LogP contribution in [0.5, 0.6) is 0 Å². The topological polar surface area (TPSA) is 46.2 Å². The van der Waals surface area contributed by atoms with Gasteiger partial charge in [-0.25, -0.2) is 0 Å². The fraction of sp³-hybridized carbons (Fsp3) is 1.00. The van der Waals surface area contributed by atoms with E-state index in [1.54, 1.807) is 0 Å². The maximum Gasteiger partial charge on any atom is 0.297 e. The fourth-order valence-electron chi connectivity index (χ4n) is 1.40. The van der Waals surface area contributed by atoms with Crippen LogP contribution in [0.25, 0.3) is 0 Å². The Morgan fingerprint density at radius 2 is 1.83 bits per heavy atom. The van der Waals surface area contributed by atoms with Gasteiger partial charge in [-0.15, -0.1) is 11.6 Å². The minimum atomic E-state index is -3.62. The fourth-order valence-corrected chi connectivity index (χ4v) is 2.80. The minimum absolute atomic E-state index is 0.118. The molecule has 1 rings (SSSR count). The van der Waals surface area contributed by atoms with E-state index in [2.05, 4.69) is 4.72 Å². The van der Waals surface area contributed by atoms with Crippen molar-refractivity contribution in [2.24, 2.45) is 0 Å². The van der Waals surface area contributed by atoms with E-state index in [4.69, 9.17) is 22.3 Å². The Hall–Kier alpha value is 0.490. The molecule has 0 bridgehead atoms. The van der Waals surface area contributed by atoms with Gasteiger partial charge in [0.2, 0.25) is 0 Å². The number of hydrogen-bond acceptors (Lipinski definition) is 2. The molecular formula is C6H11Cl2NO2S. The smallest absolute Gasteiger partial charge is 0.197 e. The maximum atomic E-state index is 10.6. The van der Waals surface area contributed by atoms with Crippen LogP contribution >= 0.6 is 22.3 Å². The molecule has 6 heteroatoms. The molecule has 0 aromatic heterocycles. The molecule has 3 nitrogen and oxygen atoms in total. The molecule has 0 amide bonds. The van der Waals surface area contributed by atoms with Gasteiger partial charge >= 0.3 is 0 Å². The second-order valence-electron chi connectivity index (χ2n) is 2.96. The van der Waals surface area contributed by atoms with Crippen molar-refractivity contribution in [2.75, 3.05) is 0 Å². The summed E-state index contributed by atoms with van der Waals surface area (Å²) in [4.78, 5) is 0. The van der Waals surface area contributed by atoms with Gasteiger partial charge in [0.15, 0.2) is 0 Å². The van der Waals surface area contributed by atoms with Gasteiger partial charge in [0.05, 0.1) is 0 Å². The standard InChI is InChI=1S/C6H11Cl2NO2S/c7-5-3-1-2-4-6(5)9-12(8,10)11/h5-6,9H,1-4H2. The zero-order chi connectivity index (χ0) is 9.19. The molecule has 1 fully saturated rings. The normalized spacial score (nSPS) is 31.8. The zero-order valence-corrected chi connectivity index (χ0v) is 8.79. The number of nitrogens with one attached hydrogen (secondary N) is 1. The van der Waals surface area contributed by atoms with E-state index in [1.807, 2.05) is 0 Å². The van der Waals surface area contributed by atoms with Gasteiger partial charge in [0.25, 0.3) is 9.24 Å². The summed E-state index contributed by atoms with van der Waals surface area (Å²) in [6, 6.07) is -0.192. The lowest BCUT2D eigenvalue weighted by molar-refractivity contribution is 0.421. The predicted octanol–water partition coefficient (Wildman–Crippen LogP) is 1.61. The van der Waals surface area contributed by atoms with Gasteiger partial charge in [0.1, 0.15) is 0 Å². The van der Waals surface area contributed by atoms with Crippen molar-refractivity contribution in [3.8, 4) is 0 Å². The van der Waals surface area contributed by atoms with Gasteiger partial charge in [-0.2, -0.15) is 13.1 Å². The Labute approximate surface area is 82.0 Å². The molecule has 1 N–H and O–H groups in total. The summed E-state index contributed by atoms with van der Waals surface area (Å²) in [5.41, 5.74) is 0. The number of hydrogen-bond donors (Lipinski definition) is 1. The number of halogens is 2. The van der Waals surface area contributed by atoms with Crippen molar-refractivity contribution in [1.29, 1.82) is 0 Å². The summed E-state index contributed by atoms with van der Waals surface area (Å²) in [6.07, 6.45) is 3.70. The Bertz CT molecular complexity index is 242. The van der Waals surface area contributed by atoms with E-state index in [9.17, 15) is 8.42 Å². The SMILES string of the molecule is O=S(=O)(Cl)NC1CCCCC1Cl. The van der Waals surface area contributed by atoms with Gasteiger partial charge in [-0.05, 0) is 12.8 Å². The minimum Gasteiger partial charge on any atom is -0.197 e. The maximum absolute atomic E-state index is 10.6. The van der Waals surface area contributed by atoms with Gasteiger partial charge in [0, 0.05) is 22.1 Å². The van der Waals surface area contributed by atoms with Crippen molar-refractivity contribution in [1.82, 2.24) is 4.72 Å². The summed E-state index contributed by atoms with van der Waals surface area (Å²) in [5.74, 6) is 0. The third-order valence-electron chi connectivity index (χ3n) is 1.97. The van der Waals surface area contributed by atoms with E-state index in [0.29, 0.717) is 0 Å². The molecule has 0 aromatic rings. The van der Waals surface area contributed by atoms with Crippen LogP contribution in [0.15, 0.2) is 0 Å². The molecule has 0 aromatic carbocycles. The van der Waals surface area contributed by atoms with Crippen LogP contribution < -0.4 is 4.72 Å². The van der Waals surface area contributed by atoms with Crippen LogP contribution in [-0.4, -0.2) is 19.8 Å². The quantitative estimate of drug-likeness (QED) is 0.580. The predicted molar refractivity (Wildman–Crippen MR) is 49.8 cm³/mol. The molecule has 0 spiro atoms. The van der Waals surface area contributed by atoms with Crippen LogP contribution in [-0.2, 0) is 9.24 Å². The van der Waals surface area contributed by atoms with E-state index >= 15 is 0 Å². The van der Waals surface area contributed by atoms with Gasteiger partial charge < -0.3 is 0 Å². The van der Waals surface area contributed by atoms with E-state index < -0.39 is 9.24 Å². The molecule has 0 radical (unpaired) electrons. The van der Waals surface area contributed by atoms with Crippen LogP contribution in [0.1, 0.15) is 25.7 Å². The van der Waals surface area contributed by atoms with Crippen LogP contribution in [0.4, 0.5) is 0 Å². The van der Waals surface area contributed by atoms with Gasteiger partial charge in [-0.3, -0.25) is 0 Å². The highest BCUT2D eigenvalue weighted by Gasteiger charge is 2.26. The van der Waals surface area contributed by atoms with Crippen molar-refractivity contribution < 1.29 is 8.42 Å². The lowest BCUT2D eigenvalue weighted by Crippen LogP contribution is -2.40. The third kappa shape index (κ3) is 3.47. The second-order valence-corrected chi connectivity index (χ2v) is 5.85. The highest BCUT2D eigenvalue weighted by Crippen LogP contribution is 2.23. The number of alkyl halides is 1. The van der Waals surface area contributed by atoms with Crippen molar-refractivity contribution in [2.45, 2.75) is 37.1 Å². The molecule has 0 aliphatic heterocycles. The Morgan fingerprint density at radius 3 is 2.33 bits per heavy atom. The molecule has 2 atom stereocenters. The van der Waals surface area contributed by atoms with E-state index in [0.717, 1.165) is 25.7 Å². The molecule has 12 heavy (non-hydrogen) atoms. The lowest BCUT2D eigenvalue weighted by atomic mass is 9.96. The van der Waals surface area contributed by atoms with Crippen molar-refractivity contribution in [3.05, 3.63) is 0 Å². The molecule has 0 saturated heterocycles. The molecule has 1 saturated carbocycles. The molecular weight excluding hydrogens is 221 g/mol. The summed E-state index contributed by atoms with van der Waals surface area (Å²) in [5, 5.41) is -0.118. The van der Waals surface area contributed by atoms with Crippen LogP contribution in [0, 0.1) is 0 Å². The zero-order valence-electron chi connectivity index (χ0n) is 6.46. The second kappa shape index (κ2) is 4.13. The first-order chi connectivity index (χ1) is 5.49. The first-order valence-corrected chi connectivity index (χ1v) is 6.59. The largest absolute Gasteiger partial charge is 0.297 e. The third-order valence-corrected chi connectivity index (χ3v) is 3.35. The highest BCUT2D eigenvalue weighted by molar-refractivity contribution is 8.12. The Balaban J connectivity index is 2.50. The first kappa shape index (κ1) is 10.6. The average molecular weight is 232 g/mol. The summed E-state index contributed by atoms with van der Waals surface area (Å²) >= 11 is 5.90. The van der Waals surface area contributed by atoms with Gasteiger partial charge in [-0.1, -0.05) is 12.8 Å². The van der Waals surface area contributed by atoms with E-state index in [-0.39, 0.29) is 11.4 Å². The summed E-state index contributed by atoms with van der Waals surface area (Å²) in [6.45, 7) is 0. The highest BCUT2D eigenvalue weighted by atomic mass is 35.7. The Morgan fingerprint density at radius 1 is 1.25 bits per heavy atom. The van der Waals surface area contributed by atoms with Crippen LogP contribution in [0.3, 0.4) is 0 Å². The Kier molecular flexibility index (Phi) is 3.64. The molecule has 1 aliphatic carbocycles. The molecule has 2 unspecified atom stereocenters. The average Bonchev–Trinajstić information content (AvgIpc) is 1.91. The van der Waals surface area contributed by atoms with Crippen molar-refractivity contribution in [3.63, 3.8) is 0 Å². The van der Waals surface area contributed by atoms with Crippen LogP contribution in [0.2, 0.25) is 0 Å². The monoisotopic (exact) mass is 231 g/mol. The first-order valence-electron chi connectivity index (χ1n) is 3.85. The lowest BCUT2D eigenvalue weighted by Gasteiger charge is -2.26. The van der Waals surface area contributed by atoms with Crippen molar-refractivity contribution >= 4 is 31.5 Å². The summed E-state index contributed by atoms with van der Waals surface area (Å²) in [7, 11) is 1.42. The van der Waals surface area contributed by atoms with E-state index in [1.165, 1.54) is 0 Å². The molecule has 72 valence electrons.